The number of fused-ring (bicyclic) bond motifs is 1. The molecule has 0 amide bonds. The number of H-pyrrole nitrogens is 1. The number of hydrogen-bond acceptors (Lipinski definition) is 4. The lowest BCUT2D eigenvalue weighted by atomic mass is 10.1. The molecule has 2 aromatic rings. The average molecular weight is 247 g/mol. The number of ether oxygens (including phenoxy) is 1. The van der Waals surface area contributed by atoms with Crippen molar-refractivity contribution in [3.05, 3.63) is 23.5 Å². The molecule has 0 radical (unpaired) electrons. The summed E-state index contributed by atoms with van der Waals surface area (Å²) in [5, 5.41) is 0.933. The Labute approximate surface area is 106 Å². The van der Waals surface area contributed by atoms with Crippen molar-refractivity contribution in [1.29, 1.82) is 0 Å². The van der Waals surface area contributed by atoms with Crippen LogP contribution in [0.3, 0.4) is 0 Å². The van der Waals surface area contributed by atoms with Crippen molar-refractivity contribution in [2.45, 2.75) is 13.8 Å². The fourth-order valence-electron chi connectivity index (χ4n) is 2.03. The highest BCUT2D eigenvalue weighted by atomic mass is 16.5. The molecule has 18 heavy (non-hydrogen) atoms. The van der Waals surface area contributed by atoms with Crippen molar-refractivity contribution in [3.8, 4) is 0 Å². The van der Waals surface area contributed by atoms with E-state index in [-0.39, 0.29) is 5.97 Å². The van der Waals surface area contributed by atoms with Gasteiger partial charge in [0.15, 0.2) is 0 Å². The first-order chi connectivity index (χ1) is 8.54. The highest BCUT2D eigenvalue weighted by molar-refractivity contribution is 6.04. The number of aromatic amines is 1. The van der Waals surface area contributed by atoms with Gasteiger partial charge in [0.25, 0.3) is 0 Å². The zero-order valence-electron chi connectivity index (χ0n) is 11.1. The summed E-state index contributed by atoms with van der Waals surface area (Å²) in [6, 6.07) is 1.99. The van der Waals surface area contributed by atoms with E-state index in [1.807, 2.05) is 32.0 Å². The highest BCUT2D eigenvalue weighted by Gasteiger charge is 2.18. The standard InChI is InChI=1S/C13H17N3O2/c1-5-18-13(17)10-7-14-12-9(6-8(2)15-12)11(10)16(3)4/h6-7H,5H2,1-4H3,(H,14,15). The fourth-order valence-corrected chi connectivity index (χ4v) is 2.03. The van der Waals surface area contributed by atoms with Crippen LogP contribution in [0, 0.1) is 6.92 Å². The Bertz CT molecular complexity index is 587. The molecule has 1 N–H and O–H groups in total. The third-order valence-corrected chi connectivity index (χ3v) is 2.71. The molecule has 96 valence electrons. The van der Waals surface area contributed by atoms with Gasteiger partial charge in [-0.3, -0.25) is 0 Å². The number of anilines is 1. The van der Waals surface area contributed by atoms with Gasteiger partial charge in [0.05, 0.1) is 12.3 Å². The van der Waals surface area contributed by atoms with E-state index in [1.165, 1.54) is 0 Å². The number of carbonyl (C=O) groups excluding carboxylic acids is 1. The lowest BCUT2D eigenvalue weighted by molar-refractivity contribution is 0.0527. The molecule has 2 aromatic heterocycles. The number of nitrogens with one attached hydrogen (secondary N) is 1. The molecule has 0 bridgehead atoms. The summed E-state index contributed by atoms with van der Waals surface area (Å²) in [6.07, 6.45) is 1.56. The van der Waals surface area contributed by atoms with E-state index in [4.69, 9.17) is 4.74 Å². The summed E-state index contributed by atoms with van der Waals surface area (Å²) in [7, 11) is 3.81. The summed E-state index contributed by atoms with van der Waals surface area (Å²) in [4.78, 5) is 21.3. The number of rotatable bonds is 3. The first kappa shape index (κ1) is 12.4. The highest BCUT2D eigenvalue weighted by Crippen LogP contribution is 2.29. The Hall–Kier alpha value is -2.04. The van der Waals surface area contributed by atoms with Gasteiger partial charge in [-0.1, -0.05) is 0 Å². The molecule has 0 aromatic carbocycles. The van der Waals surface area contributed by atoms with Crippen LogP contribution >= 0.6 is 0 Å². The van der Waals surface area contributed by atoms with Crippen LogP contribution in [0.1, 0.15) is 23.0 Å². The summed E-state index contributed by atoms with van der Waals surface area (Å²) in [6.45, 7) is 4.11. The van der Waals surface area contributed by atoms with E-state index in [0.29, 0.717) is 12.2 Å². The summed E-state index contributed by atoms with van der Waals surface area (Å²) in [5.74, 6) is -0.338. The van der Waals surface area contributed by atoms with Crippen LogP contribution in [0.25, 0.3) is 11.0 Å². The third kappa shape index (κ3) is 2.03. The first-order valence-corrected chi connectivity index (χ1v) is 5.87. The molecular weight excluding hydrogens is 230 g/mol. The number of pyridine rings is 1. The molecule has 0 saturated heterocycles. The van der Waals surface area contributed by atoms with Crippen molar-refractivity contribution in [1.82, 2.24) is 9.97 Å². The number of esters is 1. The van der Waals surface area contributed by atoms with Gasteiger partial charge in [0.2, 0.25) is 0 Å². The fraction of sp³-hybridized carbons (Fsp3) is 0.385. The Balaban J connectivity index is 2.66. The molecule has 0 unspecified atom stereocenters. The first-order valence-electron chi connectivity index (χ1n) is 5.87. The van der Waals surface area contributed by atoms with Crippen molar-refractivity contribution < 1.29 is 9.53 Å². The van der Waals surface area contributed by atoms with Gasteiger partial charge in [0, 0.05) is 31.4 Å². The van der Waals surface area contributed by atoms with E-state index in [0.717, 1.165) is 22.4 Å². The molecule has 0 fully saturated rings. The quantitative estimate of drug-likeness (QED) is 0.844. The monoisotopic (exact) mass is 247 g/mol. The molecule has 0 aliphatic carbocycles. The van der Waals surface area contributed by atoms with Crippen LogP contribution in [0.4, 0.5) is 5.69 Å². The predicted molar refractivity (Wildman–Crippen MR) is 71.1 cm³/mol. The second-order valence-corrected chi connectivity index (χ2v) is 4.35. The lowest BCUT2D eigenvalue weighted by Crippen LogP contribution is -2.16. The molecule has 5 nitrogen and oxygen atoms in total. The summed E-state index contributed by atoms with van der Waals surface area (Å²) >= 11 is 0. The zero-order valence-corrected chi connectivity index (χ0v) is 11.1. The molecular formula is C13H17N3O2. The van der Waals surface area contributed by atoms with Crippen molar-refractivity contribution in [2.24, 2.45) is 0 Å². The summed E-state index contributed by atoms with van der Waals surface area (Å²) in [5.41, 5.74) is 3.13. The molecule has 0 saturated carbocycles. The molecule has 5 heteroatoms. The normalized spacial score (nSPS) is 10.7. The second kappa shape index (κ2) is 4.68. The maximum Gasteiger partial charge on any atom is 0.341 e. The number of carbonyl (C=O) groups is 1. The number of aryl methyl sites for hydroxylation is 1. The third-order valence-electron chi connectivity index (χ3n) is 2.71. The minimum absolute atomic E-state index is 0.338. The number of aromatic nitrogens is 2. The molecule has 0 atom stereocenters. The molecule has 0 aliphatic heterocycles. The van der Waals surface area contributed by atoms with E-state index < -0.39 is 0 Å². The second-order valence-electron chi connectivity index (χ2n) is 4.35. The van der Waals surface area contributed by atoms with E-state index in [9.17, 15) is 4.79 Å². The predicted octanol–water partition coefficient (Wildman–Crippen LogP) is 2.11. The maximum absolute atomic E-state index is 11.9. The van der Waals surface area contributed by atoms with Crippen LogP contribution < -0.4 is 4.90 Å². The minimum atomic E-state index is -0.338. The Morgan fingerprint density at radius 3 is 2.83 bits per heavy atom. The van der Waals surface area contributed by atoms with Gasteiger partial charge in [-0.05, 0) is 19.9 Å². The smallest absolute Gasteiger partial charge is 0.341 e. The van der Waals surface area contributed by atoms with Crippen molar-refractivity contribution >= 4 is 22.7 Å². The van der Waals surface area contributed by atoms with Crippen LogP contribution in [0.2, 0.25) is 0 Å². The van der Waals surface area contributed by atoms with E-state index in [1.54, 1.807) is 13.1 Å². The molecule has 2 heterocycles. The van der Waals surface area contributed by atoms with Crippen LogP contribution in [-0.2, 0) is 4.74 Å². The average Bonchev–Trinajstić information content (AvgIpc) is 2.67. The van der Waals surface area contributed by atoms with Crippen LogP contribution in [-0.4, -0.2) is 36.6 Å². The van der Waals surface area contributed by atoms with Gasteiger partial charge in [-0.15, -0.1) is 0 Å². The topological polar surface area (TPSA) is 58.2 Å². The largest absolute Gasteiger partial charge is 0.462 e. The SMILES string of the molecule is CCOC(=O)c1cnc2[nH]c(C)cc2c1N(C)C. The van der Waals surface area contributed by atoms with Crippen LogP contribution in [0.15, 0.2) is 12.3 Å². The maximum atomic E-state index is 11.9. The minimum Gasteiger partial charge on any atom is -0.462 e. The van der Waals surface area contributed by atoms with Gasteiger partial charge < -0.3 is 14.6 Å². The van der Waals surface area contributed by atoms with Crippen molar-refractivity contribution in [3.63, 3.8) is 0 Å². The van der Waals surface area contributed by atoms with Crippen molar-refractivity contribution in [2.75, 3.05) is 25.6 Å². The van der Waals surface area contributed by atoms with Gasteiger partial charge in [-0.25, -0.2) is 9.78 Å². The lowest BCUT2D eigenvalue weighted by Gasteiger charge is -2.17. The Morgan fingerprint density at radius 2 is 2.22 bits per heavy atom. The van der Waals surface area contributed by atoms with Gasteiger partial charge >= 0.3 is 5.97 Å². The van der Waals surface area contributed by atoms with E-state index in [2.05, 4.69) is 9.97 Å². The van der Waals surface area contributed by atoms with E-state index >= 15 is 0 Å². The van der Waals surface area contributed by atoms with Gasteiger partial charge in [-0.2, -0.15) is 0 Å². The van der Waals surface area contributed by atoms with Gasteiger partial charge in [0.1, 0.15) is 11.2 Å². The molecule has 0 spiro atoms. The molecule has 2 rings (SSSR count). The van der Waals surface area contributed by atoms with Crippen LogP contribution in [0.5, 0.6) is 0 Å². The Morgan fingerprint density at radius 1 is 1.50 bits per heavy atom. The molecule has 0 aliphatic rings. The Kier molecular flexibility index (Phi) is 3.23. The number of nitrogens with zero attached hydrogens (tertiary/aromatic N) is 2. The zero-order chi connectivity index (χ0) is 13.3. The number of hydrogen-bond donors (Lipinski definition) is 1. The summed E-state index contributed by atoms with van der Waals surface area (Å²) < 4.78 is 5.06.